The van der Waals surface area contributed by atoms with Crippen LogP contribution in [0.25, 0.3) is 0 Å². The van der Waals surface area contributed by atoms with Gasteiger partial charge in [0.05, 0.1) is 6.61 Å². The molecule has 0 heterocycles. The first-order valence-corrected chi connectivity index (χ1v) is 2.81. The molecule has 0 saturated heterocycles. The number of rotatable bonds is 3. The zero-order valence-corrected chi connectivity index (χ0v) is 5.19. The summed E-state index contributed by atoms with van der Waals surface area (Å²) in [6, 6.07) is 0. The number of aliphatic hydroxyl groups is 1. The van der Waals surface area contributed by atoms with E-state index in [-0.39, 0.29) is 0 Å². The maximum absolute atomic E-state index is 8.43. The fourth-order valence-corrected chi connectivity index (χ4v) is 0.329. The van der Waals surface area contributed by atoms with Crippen molar-refractivity contribution >= 4 is 12.6 Å². The van der Waals surface area contributed by atoms with Crippen LogP contribution in [-0.2, 0) is 4.74 Å². The van der Waals surface area contributed by atoms with Crippen molar-refractivity contribution in [2.45, 2.75) is 13.2 Å². The van der Waals surface area contributed by atoms with Gasteiger partial charge in [0.2, 0.25) is 0 Å². The van der Waals surface area contributed by atoms with Gasteiger partial charge in [0.25, 0.3) is 0 Å². The van der Waals surface area contributed by atoms with Crippen LogP contribution in [0.4, 0.5) is 0 Å². The third-order valence-electron chi connectivity index (χ3n) is 0.450. The highest BCUT2D eigenvalue weighted by atomic mass is 32.1. The third-order valence-corrected chi connectivity index (χ3v) is 0.633. The van der Waals surface area contributed by atoms with E-state index in [1.54, 1.807) is 6.92 Å². The lowest BCUT2D eigenvalue weighted by atomic mass is 10.7. The van der Waals surface area contributed by atoms with Gasteiger partial charge in [-0.3, -0.25) is 0 Å². The molecule has 0 radical (unpaired) electrons. The Morgan fingerprint density at radius 3 is 2.57 bits per heavy atom. The van der Waals surface area contributed by atoms with Crippen LogP contribution in [0.5, 0.6) is 0 Å². The van der Waals surface area contributed by atoms with E-state index < -0.39 is 6.29 Å². The van der Waals surface area contributed by atoms with Gasteiger partial charge in [-0.2, -0.15) is 12.6 Å². The average molecular weight is 122 g/mol. The standard InChI is InChI=1S/C4H10O2S/c1-4(5)6-2-3-7/h4-5,7H,2-3H2,1H3/t4-/m1/s1. The van der Waals surface area contributed by atoms with Crippen LogP contribution in [0, 0.1) is 0 Å². The van der Waals surface area contributed by atoms with E-state index in [4.69, 9.17) is 5.11 Å². The summed E-state index contributed by atoms with van der Waals surface area (Å²) < 4.78 is 4.67. The second-order valence-corrected chi connectivity index (χ2v) is 1.64. The minimum absolute atomic E-state index is 0.515. The molecule has 0 aliphatic heterocycles. The summed E-state index contributed by atoms with van der Waals surface area (Å²) in [7, 11) is 0. The van der Waals surface area contributed by atoms with Crippen molar-refractivity contribution in [3.63, 3.8) is 0 Å². The van der Waals surface area contributed by atoms with Crippen LogP contribution in [0.15, 0.2) is 0 Å². The second kappa shape index (κ2) is 4.43. The minimum Gasteiger partial charge on any atom is -0.368 e. The first-order chi connectivity index (χ1) is 3.27. The summed E-state index contributed by atoms with van der Waals surface area (Å²) in [5.74, 6) is 0.658. The smallest absolute Gasteiger partial charge is 0.151 e. The average Bonchev–Trinajstić information content (AvgIpc) is 1.61. The van der Waals surface area contributed by atoms with Crippen molar-refractivity contribution in [2.75, 3.05) is 12.4 Å². The van der Waals surface area contributed by atoms with Gasteiger partial charge in [0.15, 0.2) is 6.29 Å². The third kappa shape index (κ3) is 6.27. The summed E-state index contributed by atoms with van der Waals surface area (Å²) in [6.07, 6.45) is -0.646. The maximum atomic E-state index is 8.43. The molecule has 1 N–H and O–H groups in total. The first-order valence-electron chi connectivity index (χ1n) is 2.18. The molecular weight excluding hydrogens is 112 g/mol. The van der Waals surface area contributed by atoms with Crippen LogP contribution in [0.3, 0.4) is 0 Å². The summed E-state index contributed by atoms with van der Waals surface area (Å²) >= 11 is 3.86. The van der Waals surface area contributed by atoms with Crippen molar-refractivity contribution in [3.8, 4) is 0 Å². The van der Waals surface area contributed by atoms with Gasteiger partial charge in [0, 0.05) is 5.75 Å². The van der Waals surface area contributed by atoms with E-state index in [0.717, 1.165) is 0 Å². The number of aliphatic hydroxyl groups excluding tert-OH is 1. The highest BCUT2D eigenvalue weighted by Gasteiger charge is 1.88. The predicted molar refractivity (Wildman–Crippen MR) is 31.5 cm³/mol. The van der Waals surface area contributed by atoms with Crippen LogP contribution in [0.2, 0.25) is 0 Å². The molecule has 0 fully saturated rings. The Kier molecular flexibility index (Phi) is 4.60. The van der Waals surface area contributed by atoms with Gasteiger partial charge in [0.1, 0.15) is 0 Å². The van der Waals surface area contributed by atoms with Gasteiger partial charge in [-0.15, -0.1) is 0 Å². The molecule has 0 aliphatic rings. The topological polar surface area (TPSA) is 29.5 Å². The van der Waals surface area contributed by atoms with Gasteiger partial charge in [-0.05, 0) is 6.92 Å². The number of ether oxygens (including phenoxy) is 1. The first kappa shape index (κ1) is 7.27. The second-order valence-electron chi connectivity index (χ2n) is 1.19. The molecule has 0 aromatic rings. The van der Waals surface area contributed by atoms with Crippen LogP contribution in [-0.4, -0.2) is 23.8 Å². The van der Waals surface area contributed by atoms with Gasteiger partial charge >= 0.3 is 0 Å². The summed E-state index contributed by atoms with van der Waals surface area (Å²) in [4.78, 5) is 0. The highest BCUT2D eigenvalue weighted by Crippen LogP contribution is 1.83. The quantitative estimate of drug-likeness (QED) is 0.415. The van der Waals surface area contributed by atoms with Gasteiger partial charge < -0.3 is 9.84 Å². The Morgan fingerprint density at radius 2 is 2.43 bits per heavy atom. The molecule has 7 heavy (non-hydrogen) atoms. The Balaban J connectivity index is 2.68. The number of thiol groups is 1. The molecule has 1 atom stereocenters. The van der Waals surface area contributed by atoms with Crippen LogP contribution < -0.4 is 0 Å². The largest absolute Gasteiger partial charge is 0.368 e. The van der Waals surface area contributed by atoms with Crippen molar-refractivity contribution in [1.29, 1.82) is 0 Å². The predicted octanol–water partition coefficient (Wildman–Crippen LogP) is 0.271. The Labute approximate surface area is 48.9 Å². The lowest BCUT2D eigenvalue weighted by Crippen LogP contribution is -2.07. The molecule has 0 amide bonds. The molecule has 0 bridgehead atoms. The van der Waals surface area contributed by atoms with E-state index in [2.05, 4.69) is 17.4 Å². The Hall–Kier alpha value is 0.270. The fourth-order valence-electron chi connectivity index (χ4n) is 0.223. The van der Waals surface area contributed by atoms with E-state index >= 15 is 0 Å². The van der Waals surface area contributed by atoms with E-state index in [0.29, 0.717) is 12.4 Å². The monoisotopic (exact) mass is 122 g/mol. The van der Waals surface area contributed by atoms with Crippen LogP contribution >= 0.6 is 12.6 Å². The Bertz CT molecular complexity index is 38.7. The molecule has 0 aromatic carbocycles. The van der Waals surface area contributed by atoms with Crippen molar-refractivity contribution in [3.05, 3.63) is 0 Å². The zero-order valence-electron chi connectivity index (χ0n) is 4.29. The lowest BCUT2D eigenvalue weighted by Gasteiger charge is -2.01. The van der Waals surface area contributed by atoms with E-state index in [1.165, 1.54) is 0 Å². The molecule has 44 valence electrons. The fraction of sp³-hybridized carbons (Fsp3) is 1.00. The Morgan fingerprint density at radius 1 is 1.86 bits per heavy atom. The molecular formula is C4H10O2S. The molecule has 0 saturated carbocycles. The van der Waals surface area contributed by atoms with E-state index in [1.807, 2.05) is 0 Å². The number of hydrogen-bond acceptors (Lipinski definition) is 3. The SMILES string of the molecule is C[C@H](O)OCCS. The van der Waals surface area contributed by atoms with Crippen molar-refractivity contribution < 1.29 is 9.84 Å². The minimum atomic E-state index is -0.646. The van der Waals surface area contributed by atoms with E-state index in [9.17, 15) is 0 Å². The molecule has 2 nitrogen and oxygen atoms in total. The molecule has 0 spiro atoms. The lowest BCUT2D eigenvalue weighted by molar-refractivity contribution is -0.0789. The molecule has 0 rings (SSSR count). The van der Waals surface area contributed by atoms with Crippen molar-refractivity contribution in [2.24, 2.45) is 0 Å². The van der Waals surface area contributed by atoms with Gasteiger partial charge in [-0.1, -0.05) is 0 Å². The molecule has 0 aliphatic carbocycles. The summed E-state index contributed by atoms with van der Waals surface area (Å²) in [5.41, 5.74) is 0. The van der Waals surface area contributed by atoms with Crippen molar-refractivity contribution in [1.82, 2.24) is 0 Å². The molecule has 0 unspecified atom stereocenters. The molecule has 3 heteroatoms. The van der Waals surface area contributed by atoms with Crippen LogP contribution in [0.1, 0.15) is 6.92 Å². The normalized spacial score (nSPS) is 14.1. The maximum Gasteiger partial charge on any atom is 0.151 e. The molecule has 0 aromatic heterocycles. The summed E-state index contributed by atoms with van der Waals surface area (Å²) in [6.45, 7) is 2.09. The zero-order chi connectivity index (χ0) is 5.70. The summed E-state index contributed by atoms with van der Waals surface area (Å²) in [5, 5.41) is 8.43. The van der Waals surface area contributed by atoms with Gasteiger partial charge in [-0.25, -0.2) is 0 Å². The highest BCUT2D eigenvalue weighted by molar-refractivity contribution is 7.80. The number of hydrogen-bond donors (Lipinski definition) is 2.